The number of amides is 2. The van der Waals surface area contributed by atoms with Gasteiger partial charge in [0, 0.05) is 35.5 Å². The first-order chi connectivity index (χ1) is 14.4. The van der Waals surface area contributed by atoms with Gasteiger partial charge in [0.05, 0.1) is 4.92 Å². The molecule has 0 saturated heterocycles. The number of anilines is 2. The van der Waals surface area contributed by atoms with E-state index >= 15 is 0 Å². The molecular weight excluding hydrogens is 380 g/mol. The van der Waals surface area contributed by atoms with Gasteiger partial charge in [-0.15, -0.1) is 0 Å². The average molecular weight is 411 g/mol. The lowest BCUT2D eigenvalue weighted by molar-refractivity contribution is -0.384. The molecule has 0 aliphatic carbocycles. The molecule has 7 heteroatoms. The Morgan fingerprint density at radius 3 is 2.50 bits per heavy atom. The maximum Gasteiger partial charge on any atom is 0.326 e. The lowest BCUT2D eigenvalue weighted by Gasteiger charge is -2.29. The second-order valence-corrected chi connectivity index (χ2v) is 8.08. The number of hydrogen-bond donors (Lipinski definition) is 1. The predicted molar refractivity (Wildman–Crippen MR) is 120 cm³/mol. The second kappa shape index (κ2) is 9.26. The molecule has 0 saturated carbocycles. The number of nitrogens with one attached hydrogen (secondary N) is 1. The summed E-state index contributed by atoms with van der Waals surface area (Å²) in [5.74, 6) is 0. The van der Waals surface area contributed by atoms with Gasteiger partial charge in [-0.25, -0.2) is 4.79 Å². The molecule has 0 spiro atoms. The molecule has 1 heterocycles. The first-order valence-electron chi connectivity index (χ1n) is 10.5. The Hall–Kier alpha value is -2.93. The second-order valence-electron chi connectivity index (χ2n) is 8.08. The van der Waals surface area contributed by atoms with Gasteiger partial charge in [-0.1, -0.05) is 39.0 Å². The van der Waals surface area contributed by atoms with Crippen LogP contribution in [0.25, 0.3) is 0 Å². The quantitative estimate of drug-likeness (QED) is 0.489. The zero-order chi connectivity index (χ0) is 21.7. The van der Waals surface area contributed by atoms with Crippen molar-refractivity contribution in [2.24, 2.45) is 0 Å². The van der Waals surface area contributed by atoms with Gasteiger partial charge in [0.15, 0.2) is 0 Å². The van der Waals surface area contributed by atoms with Gasteiger partial charge in [0.1, 0.15) is 0 Å². The standard InChI is InChI=1S/C23H30N4O3/c1-4-15-25(5-2)16-14-23(3)17-26(21-9-7-6-8-20(21)23)22(28)24-18-10-12-19(13-11-18)27(29)30/h6-13H,4-5,14-17H2,1-3H3,(H,24,28). The summed E-state index contributed by atoms with van der Waals surface area (Å²) in [6.45, 7) is 10.3. The molecule has 0 radical (unpaired) electrons. The van der Waals surface area contributed by atoms with Crippen LogP contribution in [-0.4, -0.2) is 42.0 Å². The van der Waals surface area contributed by atoms with Crippen molar-refractivity contribution in [2.75, 3.05) is 36.4 Å². The lowest BCUT2D eigenvalue weighted by Crippen LogP contribution is -2.40. The van der Waals surface area contributed by atoms with Gasteiger partial charge >= 0.3 is 6.03 Å². The largest absolute Gasteiger partial charge is 0.326 e. The summed E-state index contributed by atoms with van der Waals surface area (Å²) in [6.07, 6.45) is 2.10. The maximum atomic E-state index is 13.1. The van der Waals surface area contributed by atoms with E-state index in [0.717, 1.165) is 38.2 Å². The van der Waals surface area contributed by atoms with E-state index in [1.807, 2.05) is 18.2 Å². The number of nitro groups is 1. The number of rotatable bonds is 8. The molecule has 2 amide bonds. The summed E-state index contributed by atoms with van der Waals surface area (Å²) in [4.78, 5) is 27.7. The van der Waals surface area contributed by atoms with E-state index in [1.165, 1.54) is 17.7 Å². The van der Waals surface area contributed by atoms with Crippen molar-refractivity contribution in [1.29, 1.82) is 0 Å². The number of hydrogen-bond acceptors (Lipinski definition) is 4. The van der Waals surface area contributed by atoms with Gasteiger partial charge in [-0.2, -0.15) is 0 Å². The Labute approximate surface area is 177 Å². The highest BCUT2D eigenvalue weighted by Crippen LogP contribution is 2.43. The molecular formula is C23H30N4O3. The Bertz CT molecular complexity index is 900. The highest BCUT2D eigenvalue weighted by Gasteiger charge is 2.41. The van der Waals surface area contributed by atoms with Gasteiger partial charge < -0.3 is 10.2 Å². The number of carbonyl (C=O) groups excluding carboxylic acids is 1. The number of nitro benzene ring substituents is 1. The van der Waals surface area contributed by atoms with Crippen LogP contribution in [0.15, 0.2) is 48.5 Å². The number of benzene rings is 2. The van der Waals surface area contributed by atoms with Gasteiger partial charge in [0.2, 0.25) is 0 Å². The van der Waals surface area contributed by atoms with E-state index < -0.39 is 4.92 Å². The third-order valence-electron chi connectivity index (χ3n) is 5.89. The molecule has 160 valence electrons. The summed E-state index contributed by atoms with van der Waals surface area (Å²) in [5, 5.41) is 13.7. The Balaban J connectivity index is 1.76. The summed E-state index contributed by atoms with van der Waals surface area (Å²) in [7, 11) is 0. The number of nitrogens with zero attached hydrogens (tertiary/aromatic N) is 3. The monoisotopic (exact) mass is 410 g/mol. The van der Waals surface area contributed by atoms with Crippen LogP contribution in [0.4, 0.5) is 21.9 Å². The fourth-order valence-corrected chi connectivity index (χ4v) is 4.14. The van der Waals surface area contributed by atoms with Crippen molar-refractivity contribution >= 4 is 23.1 Å². The molecule has 1 N–H and O–H groups in total. The van der Waals surface area contributed by atoms with Crippen LogP contribution >= 0.6 is 0 Å². The zero-order valence-electron chi connectivity index (χ0n) is 17.9. The van der Waals surface area contributed by atoms with Crippen LogP contribution < -0.4 is 10.2 Å². The molecule has 1 aliphatic heterocycles. The Morgan fingerprint density at radius 2 is 1.87 bits per heavy atom. The lowest BCUT2D eigenvalue weighted by atomic mass is 9.81. The summed E-state index contributed by atoms with van der Waals surface area (Å²) in [6, 6.07) is 13.8. The first kappa shape index (κ1) is 21.8. The summed E-state index contributed by atoms with van der Waals surface area (Å²) >= 11 is 0. The van der Waals surface area contributed by atoms with Crippen LogP contribution in [0.3, 0.4) is 0 Å². The molecule has 1 unspecified atom stereocenters. The summed E-state index contributed by atoms with van der Waals surface area (Å²) < 4.78 is 0. The maximum absolute atomic E-state index is 13.1. The minimum atomic E-state index is -0.452. The highest BCUT2D eigenvalue weighted by atomic mass is 16.6. The number of fused-ring (bicyclic) bond motifs is 1. The molecule has 30 heavy (non-hydrogen) atoms. The van der Waals surface area contributed by atoms with Crippen LogP contribution in [-0.2, 0) is 5.41 Å². The fraction of sp³-hybridized carbons (Fsp3) is 0.435. The molecule has 0 aromatic heterocycles. The molecule has 0 bridgehead atoms. The normalized spacial score (nSPS) is 17.8. The molecule has 2 aromatic rings. The van der Waals surface area contributed by atoms with Crippen molar-refractivity contribution in [3.63, 3.8) is 0 Å². The van der Waals surface area contributed by atoms with Gasteiger partial charge in [-0.05, 0) is 56.2 Å². The topological polar surface area (TPSA) is 78.7 Å². The van der Waals surface area contributed by atoms with Gasteiger partial charge in [0.25, 0.3) is 5.69 Å². The Kier molecular flexibility index (Phi) is 6.72. The minimum absolute atomic E-state index is 0.000324. The molecule has 3 rings (SSSR count). The van der Waals surface area contributed by atoms with Crippen molar-refractivity contribution in [3.05, 3.63) is 64.2 Å². The fourth-order valence-electron chi connectivity index (χ4n) is 4.14. The SMILES string of the molecule is CCCN(CC)CCC1(C)CN(C(=O)Nc2ccc([N+](=O)[O-])cc2)c2ccccc21. The average Bonchev–Trinajstić information content (AvgIpc) is 3.05. The molecule has 2 aromatic carbocycles. The van der Waals surface area contributed by atoms with Crippen molar-refractivity contribution in [2.45, 2.75) is 39.0 Å². The van der Waals surface area contributed by atoms with Crippen molar-refractivity contribution in [1.82, 2.24) is 4.90 Å². The van der Waals surface area contributed by atoms with E-state index in [9.17, 15) is 14.9 Å². The van der Waals surface area contributed by atoms with E-state index in [2.05, 4.69) is 37.1 Å². The first-order valence-corrected chi connectivity index (χ1v) is 10.5. The van der Waals surface area contributed by atoms with Crippen LogP contribution in [0, 0.1) is 10.1 Å². The molecule has 7 nitrogen and oxygen atoms in total. The van der Waals surface area contributed by atoms with Crippen LogP contribution in [0.1, 0.15) is 39.2 Å². The van der Waals surface area contributed by atoms with E-state index in [0.29, 0.717) is 12.2 Å². The third-order valence-corrected chi connectivity index (χ3v) is 5.89. The predicted octanol–water partition coefficient (Wildman–Crippen LogP) is 5.03. The number of carbonyl (C=O) groups is 1. The van der Waals surface area contributed by atoms with Crippen molar-refractivity contribution < 1.29 is 9.72 Å². The van der Waals surface area contributed by atoms with Crippen LogP contribution in [0.5, 0.6) is 0 Å². The van der Waals surface area contributed by atoms with E-state index in [-0.39, 0.29) is 17.1 Å². The number of urea groups is 1. The van der Waals surface area contributed by atoms with Gasteiger partial charge in [-0.3, -0.25) is 15.0 Å². The smallest absolute Gasteiger partial charge is 0.308 e. The zero-order valence-corrected chi connectivity index (χ0v) is 17.9. The molecule has 1 aliphatic rings. The Morgan fingerprint density at radius 1 is 1.17 bits per heavy atom. The van der Waals surface area contributed by atoms with E-state index in [1.54, 1.807) is 17.0 Å². The van der Waals surface area contributed by atoms with E-state index in [4.69, 9.17) is 0 Å². The van der Waals surface area contributed by atoms with Crippen molar-refractivity contribution in [3.8, 4) is 0 Å². The third kappa shape index (κ3) is 4.62. The minimum Gasteiger partial charge on any atom is -0.308 e. The number of non-ortho nitro benzene ring substituents is 1. The number of para-hydroxylation sites is 1. The highest BCUT2D eigenvalue weighted by molar-refractivity contribution is 6.03. The summed E-state index contributed by atoms with van der Waals surface area (Å²) in [5.41, 5.74) is 2.54. The molecule has 1 atom stereocenters. The van der Waals surface area contributed by atoms with Crippen LogP contribution in [0.2, 0.25) is 0 Å². The molecule has 0 fully saturated rings.